The Hall–Kier alpha value is -0.280. The summed E-state index contributed by atoms with van der Waals surface area (Å²) in [4.78, 5) is 1.49. The second-order valence-electron chi connectivity index (χ2n) is 1.65. The van der Waals surface area contributed by atoms with Gasteiger partial charge in [-0.15, -0.1) is 0 Å². The smallest absolute Gasteiger partial charge is 0.107 e. The van der Waals surface area contributed by atoms with Crippen molar-refractivity contribution in [2.24, 2.45) is 0 Å². The minimum atomic E-state index is 0.729. The zero-order chi connectivity index (χ0) is 6.15. The predicted octanol–water partition coefficient (Wildman–Crippen LogP) is 1.19. The van der Waals surface area contributed by atoms with Crippen molar-refractivity contribution in [3.05, 3.63) is 11.6 Å². The van der Waals surface area contributed by atoms with E-state index in [9.17, 15) is 0 Å². The fourth-order valence-electron chi connectivity index (χ4n) is 0.509. The van der Waals surface area contributed by atoms with Gasteiger partial charge in [0.1, 0.15) is 9.98 Å². The standard InChI is InChI=1S/C5H5NS2/c1-3-2-4(7)6-5(3)8/h2H,1H3,(H,6,7,8). The predicted molar refractivity (Wildman–Crippen MR) is 42.1 cm³/mol. The summed E-state index contributed by atoms with van der Waals surface area (Å²) in [5.41, 5.74) is 1.06. The fourth-order valence-corrected chi connectivity index (χ4v) is 1.02. The molecule has 1 N–H and O–H groups in total. The van der Waals surface area contributed by atoms with Gasteiger partial charge in [0, 0.05) is 0 Å². The first kappa shape index (κ1) is 5.85. The number of nitrogens with one attached hydrogen (secondary N) is 1. The molecule has 1 heterocycles. The first-order chi connectivity index (χ1) is 3.70. The molecule has 0 fully saturated rings. The van der Waals surface area contributed by atoms with Crippen LogP contribution in [-0.4, -0.2) is 9.98 Å². The Labute approximate surface area is 58.8 Å². The highest BCUT2D eigenvalue weighted by atomic mass is 32.1. The Bertz CT molecular complexity index is 181. The molecule has 1 aliphatic rings. The SMILES string of the molecule is CC1=CC(=S)NC1=S. The molecule has 0 aromatic heterocycles. The van der Waals surface area contributed by atoms with Gasteiger partial charge in [0.15, 0.2) is 0 Å². The molecule has 0 unspecified atom stereocenters. The highest BCUT2D eigenvalue weighted by molar-refractivity contribution is 7.82. The van der Waals surface area contributed by atoms with Crippen LogP contribution in [0.1, 0.15) is 6.92 Å². The summed E-state index contributed by atoms with van der Waals surface area (Å²) in [5.74, 6) is 0. The van der Waals surface area contributed by atoms with Crippen molar-refractivity contribution in [1.29, 1.82) is 0 Å². The molecule has 0 aromatic rings. The van der Waals surface area contributed by atoms with E-state index in [0.717, 1.165) is 15.6 Å². The average Bonchev–Trinajstić information content (AvgIpc) is 1.85. The van der Waals surface area contributed by atoms with Crippen LogP contribution in [0.4, 0.5) is 0 Å². The van der Waals surface area contributed by atoms with E-state index in [-0.39, 0.29) is 0 Å². The normalized spacial score (nSPS) is 18.4. The molecule has 0 spiro atoms. The quantitative estimate of drug-likeness (QED) is 0.512. The van der Waals surface area contributed by atoms with Gasteiger partial charge < -0.3 is 5.32 Å². The zero-order valence-corrected chi connectivity index (χ0v) is 6.03. The maximum absolute atomic E-state index is 4.85. The molecule has 8 heavy (non-hydrogen) atoms. The van der Waals surface area contributed by atoms with Crippen LogP contribution < -0.4 is 5.32 Å². The molecule has 0 saturated carbocycles. The molecule has 1 nitrogen and oxygen atoms in total. The summed E-state index contributed by atoms with van der Waals surface area (Å²) < 4.78 is 0. The van der Waals surface area contributed by atoms with Crippen LogP contribution in [0.2, 0.25) is 0 Å². The lowest BCUT2D eigenvalue weighted by atomic mass is 10.3. The Kier molecular flexibility index (Phi) is 1.40. The van der Waals surface area contributed by atoms with Crippen molar-refractivity contribution >= 4 is 34.4 Å². The van der Waals surface area contributed by atoms with Gasteiger partial charge in [-0.1, -0.05) is 24.4 Å². The van der Waals surface area contributed by atoms with Crippen molar-refractivity contribution in [1.82, 2.24) is 5.32 Å². The first-order valence-corrected chi connectivity index (χ1v) is 3.05. The Balaban J connectivity index is 2.88. The number of thiocarbonyl (C=S) groups is 2. The lowest BCUT2D eigenvalue weighted by Crippen LogP contribution is -2.18. The minimum Gasteiger partial charge on any atom is -0.337 e. The van der Waals surface area contributed by atoms with Crippen LogP contribution in [0.25, 0.3) is 0 Å². The molecule has 0 radical (unpaired) electrons. The second-order valence-corrected chi connectivity index (χ2v) is 2.49. The molecule has 0 atom stereocenters. The monoisotopic (exact) mass is 143 g/mol. The van der Waals surface area contributed by atoms with Crippen molar-refractivity contribution in [2.45, 2.75) is 6.92 Å². The van der Waals surface area contributed by atoms with Gasteiger partial charge in [-0.05, 0) is 18.6 Å². The van der Waals surface area contributed by atoms with Gasteiger partial charge in [-0.2, -0.15) is 0 Å². The van der Waals surface area contributed by atoms with Crippen LogP contribution in [0.15, 0.2) is 11.6 Å². The molecule has 1 aliphatic heterocycles. The molecule has 0 aromatic carbocycles. The van der Waals surface area contributed by atoms with Gasteiger partial charge in [-0.25, -0.2) is 0 Å². The maximum Gasteiger partial charge on any atom is 0.107 e. The fraction of sp³-hybridized carbons (Fsp3) is 0.200. The summed E-state index contributed by atoms with van der Waals surface area (Å²) >= 11 is 9.65. The second kappa shape index (κ2) is 1.91. The van der Waals surface area contributed by atoms with E-state index in [1.807, 2.05) is 13.0 Å². The summed E-state index contributed by atoms with van der Waals surface area (Å²) in [6.45, 7) is 1.94. The van der Waals surface area contributed by atoms with E-state index in [1.54, 1.807) is 0 Å². The van der Waals surface area contributed by atoms with E-state index in [4.69, 9.17) is 24.4 Å². The van der Waals surface area contributed by atoms with Crippen LogP contribution in [0.3, 0.4) is 0 Å². The molecule has 3 heteroatoms. The minimum absolute atomic E-state index is 0.729. The Morgan fingerprint density at radius 1 is 1.50 bits per heavy atom. The van der Waals surface area contributed by atoms with Gasteiger partial charge in [0.25, 0.3) is 0 Å². The summed E-state index contributed by atoms with van der Waals surface area (Å²) in [6.07, 6.45) is 1.86. The third-order valence-corrected chi connectivity index (χ3v) is 1.59. The molecular weight excluding hydrogens is 138 g/mol. The van der Waals surface area contributed by atoms with Gasteiger partial charge in [0.2, 0.25) is 0 Å². The molecule has 0 saturated heterocycles. The molecule has 0 bridgehead atoms. The molecule has 1 rings (SSSR count). The van der Waals surface area contributed by atoms with E-state index in [2.05, 4.69) is 5.32 Å². The van der Waals surface area contributed by atoms with E-state index in [0.29, 0.717) is 0 Å². The topological polar surface area (TPSA) is 12.0 Å². The first-order valence-electron chi connectivity index (χ1n) is 2.24. The number of hydrogen-bond donors (Lipinski definition) is 1. The van der Waals surface area contributed by atoms with Crippen LogP contribution in [0.5, 0.6) is 0 Å². The van der Waals surface area contributed by atoms with Crippen LogP contribution in [-0.2, 0) is 0 Å². The van der Waals surface area contributed by atoms with E-state index in [1.165, 1.54) is 0 Å². The molecule has 0 aliphatic carbocycles. The van der Waals surface area contributed by atoms with Gasteiger partial charge >= 0.3 is 0 Å². The van der Waals surface area contributed by atoms with Crippen LogP contribution in [0, 0.1) is 0 Å². The van der Waals surface area contributed by atoms with Gasteiger partial charge in [-0.3, -0.25) is 0 Å². The van der Waals surface area contributed by atoms with Crippen LogP contribution >= 0.6 is 24.4 Å². The summed E-state index contributed by atoms with van der Waals surface area (Å²) in [6, 6.07) is 0. The largest absolute Gasteiger partial charge is 0.337 e. The third kappa shape index (κ3) is 0.928. The lowest BCUT2D eigenvalue weighted by molar-refractivity contribution is 1.48. The highest BCUT2D eigenvalue weighted by Crippen LogP contribution is 2.02. The van der Waals surface area contributed by atoms with E-state index < -0.39 is 0 Å². The summed E-state index contributed by atoms with van der Waals surface area (Å²) in [7, 11) is 0. The molecule has 42 valence electrons. The Morgan fingerprint density at radius 2 is 2.12 bits per heavy atom. The van der Waals surface area contributed by atoms with Gasteiger partial charge in [0.05, 0.1) is 0 Å². The highest BCUT2D eigenvalue weighted by Gasteiger charge is 2.07. The average molecular weight is 143 g/mol. The lowest BCUT2D eigenvalue weighted by Gasteiger charge is -1.91. The zero-order valence-electron chi connectivity index (χ0n) is 4.39. The number of rotatable bonds is 0. The van der Waals surface area contributed by atoms with Crippen molar-refractivity contribution in [3.8, 4) is 0 Å². The third-order valence-electron chi connectivity index (χ3n) is 0.942. The Morgan fingerprint density at radius 3 is 2.25 bits per heavy atom. The summed E-state index contributed by atoms with van der Waals surface area (Å²) in [5, 5.41) is 2.84. The molecule has 0 amide bonds. The van der Waals surface area contributed by atoms with Crippen molar-refractivity contribution < 1.29 is 0 Å². The number of hydrogen-bond acceptors (Lipinski definition) is 2. The van der Waals surface area contributed by atoms with Crippen molar-refractivity contribution in [3.63, 3.8) is 0 Å². The maximum atomic E-state index is 4.85. The van der Waals surface area contributed by atoms with E-state index >= 15 is 0 Å². The van der Waals surface area contributed by atoms with Crippen molar-refractivity contribution in [2.75, 3.05) is 0 Å². The molecular formula is C5H5NS2.